The predicted octanol–water partition coefficient (Wildman–Crippen LogP) is 2.10. The highest BCUT2D eigenvalue weighted by Gasteiger charge is 2.35. The van der Waals surface area contributed by atoms with Crippen LogP contribution in [0.25, 0.3) is 0 Å². The lowest BCUT2D eigenvalue weighted by atomic mass is 9.92. The number of rotatable bonds is 8. The Kier molecular flexibility index (Phi) is 6.65. The molecule has 1 aromatic rings. The lowest BCUT2D eigenvalue weighted by molar-refractivity contribution is -0.148. The van der Waals surface area contributed by atoms with Crippen LogP contribution in [0, 0.1) is 0 Å². The number of carbonyl (C=O) groups is 1. The van der Waals surface area contributed by atoms with Crippen LogP contribution in [0.1, 0.15) is 26.3 Å². The summed E-state index contributed by atoms with van der Waals surface area (Å²) in [5.74, 6) is 0.439. The van der Waals surface area contributed by atoms with Crippen molar-refractivity contribution in [3.63, 3.8) is 0 Å². The number of hydrogen-bond acceptors (Lipinski definition) is 5. The van der Waals surface area contributed by atoms with Crippen LogP contribution in [0.15, 0.2) is 24.3 Å². The molecule has 5 nitrogen and oxygen atoms in total. The van der Waals surface area contributed by atoms with E-state index in [1.807, 2.05) is 38.1 Å². The predicted molar refractivity (Wildman–Crippen MR) is 81.5 cm³/mol. The summed E-state index contributed by atoms with van der Waals surface area (Å²) in [6, 6.07) is 7.45. The molecule has 21 heavy (non-hydrogen) atoms. The highest BCUT2D eigenvalue weighted by molar-refractivity contribution is 5.82. The summed E-state index contributed by atoms with van der Waals surface area (Å²) in [6.45, 7) is 6.80. The van der Waals surface area contributed by atoms with Crippen LogP contribution in [-0.4, -0.2) is 39.4 Å². The fraction of sp³-hybridized carbons (Fsp3) is 0.562. The van der Waals surface area contributed by atoms with Gasteiger partial charge >= 0.3 is 5.97 Å². The fourth-order valence-corrected chi connectivity index (χ4v) is 2.04. The quantitative estimate of drug-likeness (QED) is 0.588. The second kappa shape index (κ2) is 8.00. The molecule has 1 rings (SSSR count). The van der Waals surface area contributed by atoms with E-state index in [-0.39, 0.29) is 12.1 Å². The van der Waals surface area contributed by atoms with Gasteiger partial charge in [-0.15, -0.1) is 0 Å². The molecule has 5 heteroatoms. The van der Waals surface area contributed by atoms with Gasteiger partial charge in [0.1, 0.15) is 11.3 Å². The van der Waals surface area contributed by atoms with Gasteiger partial charge in [-0.05, 0) is 38.5 Å². The third-order valence-electron chi connectivity index (χ3n) is 3.18. The average Bonchev–Trinajstić information content (AvgIpc) is 2.46. The van der Waals surface area contributed by atoms with E-state index in [4.69, 9.17) is 14.2 Å². The lowest BCUT2D eigenvalue weighted by Gasteiger charge is -2.28. The third-order valence-corrected chi connectivity index (χ3v) is 3.18. The molecule has 0 saturated carbocycles. The van der Waals surface area contributed by atoms with Gasteiger partial charge in [0.15, 0.2) is 0 Å². The number of ether oxygens (including phenoxy) is 3. The van der Waals surface area contributed by atoms with Crippen molar-refractivity contribution in [2.45, 2.75) is 32.4 Å². The van der Waals surface area contributed by atoms with Crippen molar-refractivity contribution >= 4 is 5.97 Å². The molecule has 0 aromatic heterocycles. The second-order valence-corrected chi connectivity index (χ2v) is 5.23. The largest absolute Gasteiger partial charge is 0.491 e. The Bertz CT molecular complexity index is 444. The number of nitrogens with one attached hydrogen (secondary N) is 1. The monoisotopic (exact) mass is 295 g/mol. The van der Waals surface area contributed by atoms with Gasteiger partial charge in [0.05, 0.1) is 19.8 Å². The molecule has 0 bridgehead atoms. The maximum Gasteiger partial charge on any atom is 0.330 e. The molecule has 0 aliphatic heterocycles. The smallest absolute Gasteiger partial charge is 0.330 e. The van der Waals surface area contributed by atoms with E-state index < -0.39 is 5.54 Å². The maximum absolute atomic E-state index is 12.1. The normalized spacial score (nSPS) is 13.8. The average molecular weight is 295 g/mol. The van der Waals surface area contributed by atoms with Gasteiger partial charge in [0, 0.05) is 13.7 Å². The van der Waals surface area contributed by atoms with Crippen LogP contribution in [0.4, 0.5) is 0 Å². The standard InChI is InChI=1S/C16H25NO4/c1-12(2)21-14-8-6-13(7-9-14)16(3,15(18)20-5)17-10-11-19-4/h6-9,12,17H,10-11H2,1-5H3. The van der Waals surface area contributed by atoms with Crippen LogP contribution in [0.5, 0.6) is 5.75 Å². The Morgan fingerprint density at radius 3 is 2.33 bits per heavy atom. The zero-order valence-electron chi connectivity index (χ0n) is 13.4. The van der Waals surface area contributed by atoms with Crippen molar-refractivity contribution in [2.75, 3.05) is 27.4 Å². The van der Waals surface area contributed by atoms with Gasteiger partial charge in [-0.25, -0.2) is 4.79 Å². The lowest BCUT2D eigenvalue weighted by Crippen LogP contribution is -2.48. The van der Waals surface area contributed by atoms with Gasteiger partial charge in [0.25, 0.3) is 0 Å². The van der Waals surface area contributed by atoms with Crippen molar-refractivity contribution in [1.82, 2.24) is 5.32 Å². The molecule has 0 amide bonds. The first-order chi connectivity index (χ1) is 9.93. The Morgan fingerprint density at radius 2 is 1.86 bits per heavy atom. The molecule has 0 saturated heterocycles. The van der Waals surface area contributed by atoms with Gasteiger partial charge in [-0.2, -0.15) is 0 Å². The van der Waals surface area contributed by atoms with Crippen LogP contribution >= 0.6 is 0 Å². The first-order valence-corrected chi connectivity index (χ1v) is 7.03. The van der Waals surface area contributed by atoms with Crippen LogP contribution < -0.4 is 10.1 Å². The molecular weight excluding hydrogens is 270 g/mol. The van der Waals surface area contributed by atoms with E-state index in [0.29, 0.717) is 13.2 Å². The van der Waals surface area contributed by atoms with E-state index >= 15 is 0 Å². The number of benzene rings is 1. The molecule has 1 N–H and O–H groups in total. The summed E-state index contributed by atoms with van der Waals surface area (Å²) < 4.78 is 15.5. The topological polar surface area (TPSA) is 56.8 Å². The number of carbonyl (C=O) groups excluding carboxylic acids is 1. The van der Waals surface area contributed by atoms with Crippen LogP contribution in [-0.2, 0) is 19.8 Å². The minimum Gasteiger partial charge on any atom is -0.491 e. The summed E-state index contributed by atoms with van der Waals surface area (Å²) in [5, 5.41) is 3.18. The molecule has 1 aromatic carbocycles. The van der Waals surface area contributed by atoms with Crippen molar-refractivity contribution < 1.29 is 19.0 Å². The van der Waals surface area contributed by atoms with Crippen LogP contribution in [0.3, 0.4) is 0 Å². The molecule has 1 unspecified atom stereocenters. The summed E-state index contributed by atoms with van der Waals surface area (Å²) in [5.41, 5.74) is -0.0922. The molecule has 0 heterocycles. The van der Waals surface area contributed by atoms with Crippen molar-refractivity contribution in [3.8, 4) is 5.75 Å². The first-order valence-electron chi connectivity index (χ1n) is 7.03. The molecule has 118 valence electrons. The molecule has 0 spiro atoms. The van der Waals surface area contributed by atoms with E-state index in [1.54, 1.807) is 14.0 Å². The molecule has 0 radical (unpaired) electrons. The molecule has 1 atom stereocenters. The van der Waals surface area contributed by atoms with E-state index in [1.165, 1.54) is 7.11 Å². The van der Waals surface area contributed by atoms with Gasteiger partial charge < -0.3 is 14.2 Å². The van der Waals surface area contributed by atoms with Gasteiger partial charge in [-0.3, -0.25) is 5.32 Å². The first kappa shape index (κ1) is 17.5. The zero-order valence-corrected chi connectivity index (χ0v) is 13.4. The Hall–Kier alpha value is -1.59. The summed E-state index contributed by atoms with van der Waals surface area (Å²) in [4.78, 5) is 12.1. The molecule has 0 fully saturated rings. The second-order valence-electron chi connectivity index (χ2n) is 5.23. The van der Waals surface area contributed by atoms with Crippen molar-refractivity contribution in [1.29, 1.82) is 0 Å². The summed E-state index contributed by atoms with van der Waals surface area (Å²) in [7, 11) is 3.00. The van der Waals surface area contributed by atoms with Crippen molar-refractivity contribution in [2.24, 2.45) is 0 Å². The van der Waals surface area contributed by atoms with Crippen LogP contribution in [0.2, 0.25) is 0 Å². The third kappa shape index (κ3) is 4.72. The minimum atomic E-state index is -0.913. The SMILES string of the molecule is COCCNC(C)(C(=O)OC)c1ccc(OC(C)C)cc1. The molecule has 0 aliphatic rings. The Labute approximate surface area is 126 Å². The fourth-order valence-electron chi connectivity index (χ4n) is 2.04. The number of hydrogen-bond donors (Lipinski definition) is 1. The summed E-state index contributed by atoms with van der Waals surface area (Å²) >= 11 is 0. The highest BCUT2D eigenvalue weighted by atomic mass is 16.5. The number of esters is 1. The number of methoxy groups -OCH3 is 2. The highest BCUT2D eigenvalue weighted by Crippen LogP contribution is 2.25. The Morgan fingerprint density at radius 1 is 1.24 bits per heavy atom. The molecule has 0 aliphatic carbocycles. The van der Waals surface area contributed by atoms with Crippen molar-refractivity contribution in [3.05, 3.63) is 29.8 Å². The van der Waals surface area contributed by atoms with E-state index in [9.17, 15) is 4.79 Å². The van der Waals surface area contributed by atoms with E-state index in [0.717, 1.165) is 11.3 Å². The van der Waals surface area contributed by atoms with Gasteiger partial charge in [-0.1, -0.05) is 12.1 Å². The zero-order chi connectivity index (χ0) is 15.9. The maximum atomic E-state index is 12.1. The summed E-state index contributed by atoms with van der Waals surface area (Å²) in [6.07, 6.45) is 0.114. The minimum absolute atomic E-state index is 0.114. The van der Waals surface area contributed by atoms with E-state index in [2.05, 4.69) is 5.32 Å². The molecular formula is C16H25NO4. The van der Waals surface area contributed by atoms with Gasteiger partial charge in [0.2, 0.25) is 0 Å². The Balaban J connectivity index is 2.94.